The maximum Gasteiger partial charge on any atom is 0.248 e. The Bertz CT molecular complexity index is 921. The van der Waals surface area contributed by atoms with Gasteiger partial charge in [-0.05, 0) is 59.0 Å². The Kier molecular flexibility index (Phi) is 6.26. The van der Waals surface area contributed by atoms with Crippen molar-refractivity contribution >= 4 is 28.4 Å². The molecule has 3 nitrogen and oxygen atoms in total. The molecule has 0 aliphatic rings. The molecule has 0 fully saturated rings. The van der Waals surface area contributed by atoms with Crippen molar-refractivity contribution in [1.29, 1.82) is 0 Å². The zero-order chi connectivity index (χ0) is 19.1. The van der Waals surface area contributed by atoms with E-state index in [2.05, 4.69) is 37.4 Å². The first-order valence-corrected chi connectivity index (χ1v) is 9.31. The molecule has 3 aromatic carbocycles. The topological polar surface area (TPSA) is 38.3 Å². The van der Waals surface area contributed by atoms with Crippen molar-refractivity contribution in [3.8, 4) is 5.75 Å². The highest BCUT2D eigenvalue weighted by Gasteiger charge is 2.01. The molecule has 1 N–H and O–H groups in total. The minimum atomic E-state index is -0.156. The molecule has 138 valence electrons. The van der Waals surface area contributed by atoms with Gasteiger partial charge in [-0.1, -0.05) is 56.3 Å². The molecule has 0 spiro atoms. The molecule has 0 radical (unpaired) electrons. The summed E-state index contributed by atoms with van der Waals surface area (Å²) in [5.74, 6) is 1.29. The average molecular weight is 359 g/mol. The summed E-state index contributed by atoms with van der Waals surface area (Å²) in [6, 6.07) is 21.7. The number of carbonyl (C=O) groups is 1. The van der Waals surface area contributed by atoms with Gasteiger partial charge in [0.15, 0.2) is 0 Å². The maximum absolute atomic E-state index is 12.2. The Morgan fingerprint density at radius 1 is 1.00 bits per heavy atom. The van der Waals surface area contributed by atoms with Gasteiger partial charge >= 0.3 is 0 Å². The van der Waals surface area contributed by atoms with E-state index in [0.29, 0.717) is 12.5 Å². The van der Waals surface area contributed by atoms with Crippen LogP contribution in [-0.2, 0) is 4.79 Å². The predicted molar refractivity (Wildman–Crippen MR) is 113 cm³/mol. The molecule has 0 atom stereocenters. The van der Waals surface area contributed by atoms with Crippen molar-refractivity contribution in [2.45, 2.75) is 20.3 Å². The highest BCUT2D eigenvalue weighted by Crippen LogP contribution is 2.20. The lowest BCUT2D eigenvalue weighted by atomic mass is 10.0. The minimum absolute atomic E-state index is 0.156. The van der Waals surface area contributed by atoms with Crippen LogP contribution < -0.4 is 10.1 Å². The number of carbonyl (C=O) groups excluding carboxylic acids is 1. The number of amides is 1. The fourth-order valence-corrected chi connectivity index (χ4v) is 2.79. The fourth-order valence-electron chi connectivity index (χ4n) is 2.79. The smallest absolute Gasteiger partial charge is 0.248 e. The number of nitrogens with one attached hydrogen (secondary N) is 1. The Morgan fingerprint density at radius 2 is 1.74 bits per heavy atom. The van der Waals surface area contributed by atoms with Crippen LogP contribution >= 0.6 is 0 Å². The molecule has 0 heterocycles. The van der Waals surface area contributed by atoms with Crippen molar-refractivity contribution in [2.75, 3.05) is 11.9 Å². The molecule has 0 aliphatic carbocycles. The van der Waals surface area contributed by atoms with Crippen molar-refractivity contribution in [2.24, 2.45) is 5.92 Å². The molecule has 3 aromatic rings. The third-order valence-corrected chi connectivity index (χ3v) is 4.32. The van der Waals surface area contributed by atoms with Gasteiger partial charge in [-0.25, -0.2) is 0 Å². The molecule has 3 rings (SSSR count). The zero-order valence-corrected chi connectivity index (χ0v) is 15.8. The molecule has 0 aliphatic heterocycles. The number of ether oxygens (including phenoxy) is 1. The SMILES string of the molecule is CC(C)CCOc1ccc(NC(=O)/C=C/c2cccc3ccccc23)cc1. The standard InChI is InChI=1S/C24H25NO2/c1-18(2)16-17-27-22-13-11-21(12-14-22)25-24(26)15-10-20-8-5-7-19-6-3-4-9-23(19)20/h3-15,18H,16-17H2,1-2H3,(H,25,26)/b15-10+. The van der Waals surface area contributed by atoms with E-state index in [-0.39, 0.29) is 5.91 Å². The van der Waals surface area contributed by atoms with Gasteiger partial charge < -0.3 is 10.1 Å². The Balaban J connectivity index is 1.59. The van der Waals surface area contributed by atoms with Gasteiger partial charge in [-0.2, -0.15) is 0 Å². The number of benzene rings is 3. The number of hydrogen-bond acceptors (Lipinski definition) is 2. The highest BCUT2D eigenvalue weighted by molar-refractivity contribution is 6.03. The van der Waals surface area contributed by atoms with Gasteiger partial charge in [0.1, 0.15) is 5.75 Å². The van der Waals surface area contributed by atoms with Crippen LogP contribution in [0.15, 0.2) is 72.8 Å². The van der Waals surface area contributed by atoms with E-state index in [1.54, 1.807) is 6.08 Å². The second-order valence-electron chi connectivity index (χ2n) is 6.95. The van der Waals surface area contributed by atoms with E-state index in [0.717, 1.165) is 34.2 Å². The molecule has 0 bridgehead atoms. The fraction of sp³-hybridized carbons (Fsp3) is 0.208. The van der Waals surface area contributed by atoms with Crippen LogP contribution in [0.4, 0.5) is 5.69 Å². The lowest BCUT2D eigenvalue weighted by Gasteiger charge is -2.09. The van der Waals surface area contributed by atoms with Crippen molar-refractivity contribution in [1.82, 2.24) is 0 Å². The van der Waals surface area contributed by atoms with Gasteiger partial charge in [0.05, 0.1) is 6.61 Å². The molecule has 3 heteroatoms. The van der Waals surface area contributed by atoms with E-state index < -0.39 is 0 Å². The molecule has 0 aromatic heterocycles. The van der Waals surface area contributed by atoms with Crippen molar-refractivity contribution < 1.29 is 9.53 Å². The number of fused-ring (bicyclic) bond motifs is 1. The Hall–Kier alpha value is -3.07. The lowest BCUT2D eigenvalue weighted by Crippen LogP contribution is -2.07. The summed E-state index contributed by atoms with van der Waals surface area (Å²) in [5.41, 5.74) is 1.77. The monoisotopic (exact) mass is 359 g/mol. The number of hydrogen-bond donors (Lipinski definition) is 1. The van der Waals surface area contributed by atoms with Gasteiger partial charge in [-0.15, -0.1) is 0 Å². The maximum atomic E-state index is 12.2. The first-order chi connectivity index (χ1) is 13.1. The van der Waals surface area contributed by atoms with E-state index in [1.165, 1.54) is 0 Å². The molecular formula is C24H25NO2. The summed E-state index contributed by atoms with van der Waals surface area (Å²) in [5, 5.41) is 5.17. The van der Waals surface area contributed by atoms with Gasteiger partial charge in [0.25, 0.3) is 0 Å². The predicted octanol–water partition coefficient (Wildman–Crippen LogP) is 5.92. The Morgan fingerprint density at radius 3 is 2.52 bits per heavy atom. The van der Waals surface area contributed by atoms with Crippen LogP contribution in [0.3, 0.4) is 0 Å². The summed E-state index contributed by atoms with van der Waals surface area (Å²) in [4.78, 5) is 12.2. The van der Waals surface area contributed by atoms with Crippen LogP contribution in [0.1, 0.15) is 25.8 Å². The molecular weight excluding hydrogens is 334 g/mol. The Labute approximate surface area is 160 Å². The van der Waals surface area contributed by atoms with E-state index >= 15 is 0 Å². The first-order valence-electron chi connectivity index (χ1n) is 9.31. The molecule has 0 saturated carbocycles. The van der Waals surface area contributed by atoms with Crippen LogP contribution in [0.25, 0.3) is 16.8 Å². The van der Waals surface area contributed by atoms with Crippen LogP contribution in [0, 0.1) is 5.92 Å². The second kappa shape index (κ2) is 9.04. The summed E-state index contributed by atoms with van der Waals surface area (Å²) in [6.07, 6.45) is 4.44. The molecule has 1 amide bonds. The van der Waals surface area contributed by atoms with E-state index in [4.69, 9.17) is 4.74 Å². The van der Waals surface area contributed by atoms with Crippen LogP contribution in [-0.4, -0.2) is 12.5 Å². The lowest BCUT2D eigenvalue weighted by molar-refractivity contribution is -0.111. The van der Waals surface area contributed by atoms with Crippen molar-refractivity contribution in [3.05, 3.63) is 78.4 Å². The average Bonchev–Trinajstić information content (AvgIpc) is 2.67. The number of anilines is 1. The zero-order valence-electron chi connectivity index (χ0n) is 15.8. The van der Waals surface area contributed by atoms with E-state index in [9.17, 15) is 4.79 Å². The summed E-state index contributed by atoms with van der Waals surface area (Å²) in [6.45, 7) is 5.05. The van der Waals surface area contributed by atoms with E-state index in [1.807, 2.05) is 54.6 Å². The molecule has 27 heavy (non-hydrogen) atoms. The van der Waals surface area contributed by atoms with Gasteiger partial charge in [0.2, 0.25) is 5.91 Å². The normalized spacial score (nSPS) is 11.2. The van der Waals surface area contributed by atoms with Gasteiger partial charge in [-0.3, -0.25) is 4.79 Å². The highest BCUT2D eigenvalue weighted by atomic mass is 16.5. The summed E-state index contributed by atoms with van der Waals surface area (Å²) >= 11 is 0. The largest absolute Gasteiger partial charge is 0.494 e. The minimum Gasteiger partial charge on any atom is -0.494 e. The second-order valence-corrected chi connectivity index (χ2v) is 6.95. The van der Waals surface area contributed by atoms with Gasteiger partial charge in [0, 0.05) is 11.8 Å². The molecule has 0 unspecified atom stereocenters. The third-order valence-electron chi connectivity index (χ3n) is 4.32. The third kappa shape index (κ3) is 5.45. The van der Waals surface area contributed by atoms with Crippen molar-refractivity contribution in [3.63, 3.8) is 0 Å². The molecule has 0 saturated heterocycles. The summed E-state index contributed by atoms with van der Waals surface area (Å²) in [7, 11) is 0. The van der Waals surface area contributed by atoms with Crippen LogP contribution in [0.2, 0.25) is 0 Å². The van der Waals surface area contributed by atoms with Crippen LogP contribution in [0.5, 0.6) is 5.75 Å². The quantitative estimate of drug-likeness (QED) is 0.532. The first kappa shape index (κ1) is 18.7. The summed E-state index contributed by atoms with van der Waals surface area (Å²) < 4.78 is 5.70. The number of rotatable bonds is 7.